The number of phenolic OH excluding ortho intramolecular Hbond substituents is 1. The first-order valence-corrected chi connectivity index (χ1v) is 21.3. The van der Waals surface area contributed by atoms with Crippen LogP contribution in [0.4, 0.5) is 10.5 Å². The van der Waals surface area contributed by atoms with Gasteiger partial charge in [-0.25, -0.2) is 9.78 Å². The summed E-state index contributed by atoms with van der Waals surface area (Å²) >= 11 is 0. The van der Waals surface area contributed by atoms with E-state index in [-0.39, 0.29) is 41.7 Å². The van der Waals surface area contributed by atoms with Gasteiger partial charge in [0.2, 0.25) is 5.91 Å². The van der Waals surface area contributed by atoms with Crippen molar-refractivity contribution >= 4 is 40.3 Å². The first-order chi connectivity index (χ1) is 30.0. The van der Waals surface area contributed by atoms with Crippen LogP contribution in [0, 0.1) is 0 Å². The Morgan fingerprint density at radius 2 is 1.66 bits per heavy atom. The number of aromatic nitrogens is 2. The third-order valence-corrected chi connectivity index (χ3v) is 11.4. The molecule has 62 heavy (non-hydrogen) atoms. The number of rotatable bonds is 8. The Morgan fingerprint density at radius 3 is 2.34 bits per heavy atom. The molecule has 4 aliphatic heterocycles. The lowest BCUT2D eigenvalue weighted by Gasteiger charge is -2.37. The van der Waals surface area contributed by atoms with Gasteiger partial charge in [0.15, 0.2) is 6.29 Å². The number of ether oxygens (including phenoxy) is 3. The number of amides is 4. The van der Waals surface area contributed by atoms with E-state index in [9.17, 15) is 19.5 Å². The lowest BCUT2D eigenvalue weighted by Crippen LogP contribution is -2.51. The quantitative estimate of drug-likeness (QED) is 0.140. The Labute approximate surface area is 361 Å². The fraction of sp³-hybridized carbons (Fsp3) is 0.422. The van der Waals surface area contributed by atoms with Crippen molar-refractivity contribution < 1.29 is 33.7 Å². The third kappa shape index (κ3) is 11.2. The minimum absolute atomic E-state index is 0.102. The third-order valence-electron chi connectivity index (χ3n) is 11.4. The summed E-state index contributed by atoms with van der Waals surface area (Å²) in [6, 6.07) is 18.1. The van der Waals surface area contributed by atoms with E-state index in [2.05, 4.69) is 25.1 Å². The highest BCUT2D eigenvalue weighted by molar-refractivity contribution is 6.06. The number of hydrogen-bond acceptors (Lipinski definition) is 13. The number of carbonyl (C=O) groups excluding carboxylic acids is 3. The molecule has 2 aromatic carbocycles. The second-order valence-corrected chi connectivity index (χ2v) is 15.9. The molecule has 9 rings (SSSR count). The Morgan fingerprint density at radius 1 is 0.935 bits per heavy atom. The molecule has 1 aliphatic carbocycles. The van der Waals surface area contributed by atoms with Gasteiger partial charge >= 0.3 is 6.03 Å². The lowest BCUT2D eigenvalue weighted by molar-refractivity contribution is -0.187. The normalized spacial score (nSPS) is 20.1. The second-order valence-electron chi connectivity index (χ2n) is 15.9. The van der Waals surface area contributed by atoms with Crippen LogP contribution in [0.2, 0.25) is 0 Å². The van der Waals surface area contributed by atoms with Crippen molar-refractivity contribution in [1.29, 1.82) is 0 Å². The number of pyridine rings is 1. The molecule has 0 spiro atoms. The number of aromatic amines is 1. The second kappa shape index (κ2) is 20.6. The van der Waals surface area contributed by atoms with E-state index in [4.69, 9.17) is 31.4 Å². The standard InChI is InChI=1S/C16H22N2O3.C15H22N4O2.C14H14N4O2/c19-16(14-5-2-1-3-6-14)18-9-7-17(8-10-18)13-15-20-11-4-12-21-15;1-10-9-21-7-6-19(10)13(15(17)18)8-12(16)11-4-2-3-5-14(11)20;19-12-3-4-18(14(20)17-12)9-5-10-11(8-1-2-8)7-16-13(10)15-6-9/h1-3,5-6,15H,4,7-13H2;2-5,8,10,20H,6-7,9,16-18H2,1H3;5-8H,1-4H2,(H,15,16)(H,17,19,20)/b;12-8-;/t;10-;/m.0./s1. The van der Waals surface area contributed by atoms with Gasteiger partial charge in [0, 0.05) is 86.7 Å². The highest BCUT2D eigenvalue weighted by atomic mass is 16.7. The zero-order valence-electron chi connectivity index (χ0n) is 35.2. The summed E-state index contributed by atoms with van der Waals surface area (Å²) in [6.45, 7) is 10.0. The Balaban J connectivity index is 0.000000140. The molecular formula is C45H58N10O7. The summed E-state index contributed by atoms with van der Waals surface area (Å²) in [4.78, 5) is 50.8. The molecular weight excluding hydrogens is 793 g/mol. The molecule has 5 fully saturated rings. The van der Waals surface area contributed by atoms with E-state index >= 15 is 0 Å². The molecule has 4 saturated heterocycles. The number of nitrogens with one attached hydrogen (secondary N) is 2. The SMILES string of the molecule is C[C@H]1COCCN1C(/C=C(\N)c1ccccc1O)=C(N)N.O=C(c1ccccc1)N1CCN(CC2OCCCO2)CC1.O=C1CCN(c2cnc3[nH]cc(C4CC4)c3c2)C(=O)N1. The average Bonchev–Trinajstić information content (AvgIpc) is 4.05. The molecule has 0 radical (unpaired) electrons. The van der Waals surface area contributed by atoms with Gasteiger partial charge in [-0.15, -0.1) is 0 Å². The first-order valence-electron chi connectivity index (χ1n) is 21.3. The number of fused-ring (bicyclic) bond motifs is 1. The van der Waals surface area contributed by atoms with Crippen LogP contribution in [-0.4, -0.2) is 132 Å². The van der Waals surface area contributed by atoms with Gasteiger partial charge in [-0.1, -0.05) is 30.3 Å². The van der Waals surface area contributed by atoms with E-state index < -0.39 is 0 Å². The molecule has 9 N–H and O–H groups in total. The van der Waals surface area contributed by atoms with Crippen molar-refractivity contribution in [2.75, 3.05) is 77.1 Å². The molecule has 330 valence electrons. The van der Waals surface area contributed by atoms with Gasteiger partial charge in [-0.3, -0.25) is 24.7 Å². The molecule has 4 amide bonds. The number of allylic oxidation sites excluding steroid dienone is 1. The van der Waals surface area contributed by atoms with Crippen molar-refractivity contribution in [2.24, 2.45) is 17.2 Å². The van der Waals surface area contributed by atoms with Crippen molar-refractivity contribution in [2.45, 2.75) is 50.9 Å². The minimum atomic E-state index is -0.370. The van der Waals surface area contributed by atoms with Gasteiger partial charge in [0.1, 0.15) is 17.2 Å². The molecule has 2 aromatic heterocycles. The molecule has 1 atom stereocenters. The number of piperazine rings is 1. The average molecular weight is 851 g/mol. The summed E-state index contributed by atoms with van der Waals surface area (Å²) in [6.07, 6.45) is 9.03. The molecule has 0 bridgehead atoms. The molecule has 0 unspecified atom stereocenters. The van der Waals surface area contributed by atoms with Gasteiger partial charge in [0.05, 0.1) is 44.0 Å². The van der Waals surface area contributed by atoms with Gasteiger partial charge in [-0.05, 0) is 74.1 Å². The van der Waals surface area contributed by atoms with E-state index in [1.54, 1.807) is 35.4 Å². The van der Waals surface area contributed by atoms with E-state index in [0.29, 0.717) is 55.6 Å². The number of para-hydroxylation sites is 1. The van der Waals surface area contributed by atoms with Gasteiger partial charge in [-0.2, -0.15) is 0 Å². The maximum atomic E-state index is 12.4. The highest BCUT2D eigenvalue weighted by Gasteiger charge is 2.29. The Bertz CT molecular complexity index is 2230. The number of imide groups is 1. The Hall–Kier alpha value is -6.14. The number of aromatic hydroxyl groups is 1. The smallest absolute Gasteiger partial charge is 0.328 e. The van der Waals surface area contributed by atoms with Crippen molar-refractivity contribution in [1.82, 2.24) is 30.0 Å². The number of anilines is 1. The van der Waals surface area contributed by atoms with Crippen LogP contribution in [-0.2, 0) is 19.0 Å². The largest absolute Gasteiger partial charge is 0.507 e. The van der Waals surface area contributed by atoms with Crippen molar-refractivity contribution in [3.8, 4) is 5.75 Å². The summed E-state index contributed by atoms with van der Waals surface area (Å²) < 4.78 is 16.6. The summed E-state index contributed by atoms with van der Waals surface area (Å²) in [5.74, 6) is 0.844. The van der Waals surface area contributed by atoms with E-state index in [1.165, 1.54) is 18.4 Å². The minimum Gasteiger partial charge on any atom is -0.507 e. The summed E-state index contributed by atoms with van der Waals surface area (Å²) in [5.41, 5.74) is 23.0. The molecule has 4 aromatic rings. The number of H-pyrrole nitrogens is 1. The van der Waals surface area contributed by atoms with Crippen LogP contribution in [0.3, 0.4) is 0 Å². The topological polar surface area (TPSA) is 231 Å². The Kier molecular flexibility index (Phi) is 14.6. The van der Waals surface area contributed by atoms with Crippen LogP contribution in [0.25, 0.3) is 16.7 Å². The van der Waals surface area contributed by atoms with Crippen molar-refractivity contribution in [3.05, 3.63) is 107 Å². The molecule has 6 heterocycles. The number of nitrogens with two attached hydrogens (primary N) is 3. The monoisotopic (exact) mass is 850 g/mol. The zero-order chi connectivity index (χ0) is 43.6. The molecule has 5 aliphatic rings. The van der Waals surface area contributed by atoms with E-state index in [0.717, 1.165) is 74.6 Å². The first kappa shape index (κ1) is 43.9. The fourth-order valence-electron chi connectivity index (χ4n) is 7.81. The van der Waals surface area contributed by atoms with Crippen molar-refractivity contribution in [3.63, 3.8) is 0 Å². The maximum absolute atomic E-state index is 12.4. The van der Waals surface area contributed by atoms with Crippen LogP contribution in [0.5, 0.6) is 5.75 Å². The number of benzene rings is 2. The predicted molar refractivity (Wildman–Crippen MR) is 235 cm³/mol. The van der Waals surface area contributed by atoms with Crippen LogP contribution in [0.15, 0.2) is 90.7 Å². The number of hydrogen-bond donors (Lipinski definition) is 6. The molecule has 17 nitrogen and oxygen atoms in total. The van der Waals surface area contributed by atoms with Crippen LogP contribution in [0.1, 0.15) is 60.0 Å². The number of phenols is 1. The van der Waals surface area contributed by atoms with Crippen LogP contribution < -0.4 is 27.4 Å². The van der Waals surface area contributed by atoms with E-state index in [1.807, 2.05) is 60.5 Å². The number of carbonyl (C=O) groups is 3. The van der Waals surface area contributed by atoms with Gasteiger partial charge in [0.25, 0.3) is 5.91 Å². The van der Waals surface area contributed by atoms with Crippen LogP contribution >= 0.6 is 0 Å². The number of nitrogens with zero attached hydrogens (tertiary/aromatic N) is 5. The maximum Gasteiger partial charge on any atom is 0.328 e. The highest BCUT2D eigenvalue weighted by Crippen LogP contribution is 2.43. The van der Waals surface area contributed by atoms with Gasteiger partial charge < -0.3 is 51.3 Å². The predicted octanol–water partition coefficient (Wildman–Crippen LogP) is 3.59. The summed E-state index contributed by atoms with van der Waals surface area (Å²) in [7, 11) is 0. The number of urea groups is 1. The summed E-state index contributed by atoms with van der Waals surface area (Å²) in [5, 5.41) is 13.3. The molecule has 17 heteroatoms. The molecule has 1 saturated carbocycles. The number of morpholine rings is 1. The zero-order valence-corrected chi connectivity index (χ0v) is 35.2. The lowest BCUT2D eigenvalue weighted by atomic mass is 10.1. The fourth-order valence-corrected chi connectivity index (χ4v) is 7.81.